The molecule has 1 heterocycles. The van der Waals surface area contributed by atoms with Gasteiger partial charge in [0, 0.05) is 5.56 Å². The topological polar surface area (TPSA) is 96.3 Å². The van der Waals surface area contributed by atoms with E-state index in [2.05, 4.69) is 0 Å². The quantitative estimate of drug-likeness (QED) is 0.879. The van der Waals surface area contributed by atoms with Gasteiger partial charge in [-0.3, -0.25) is 4.90 Å². The molecule has 2 rings (SSSR count). The lowest BCUT2D eigenvalue weighted by Gasteiger charge is -2.29. The maximum absolute atomic E-state index is 12.4. The van der Waals surface area contributed by atoms with Crippen molar-refractivity contribution in [2.24, 2.45) is 0 Å². The molecular formula is C17H23NO6. The SMILES string of the molecule is COc1c(C(=O)O)cccc1[C@@H]1C[C@@H](O)CN1C(=O)OC(C)(C)C. The smallest absolute Gasteiger partial charge is 0.410 e. The lowest BCUT2D eigenvalue weighted by Crippen LogP contribution is -2.37. The van der Waals surface area contributed by atoms with Gasteiger partial charge in [0.15, 0.2) is 0 Å². The number of aliphatic hydroxyl groups excluding tert-OH is 1. The summed E-state index contributed by atoms with van der Waals surface area (Å²) in [7, 11) is 1.38. The zero-order chi connectivity index (χ0) is 18.1. The van der Waals surface area contributed by atoms with Gasteiger partial charge in [-0.25, -0.2) is 9.59 Å². The molecule has 1 amide bonds. The number of carbonyl (C=O) groups is 2. The van der Waals surface area contributed by atoms with E-state index in [1.807, 2.05) is 0 Å². The Labute approximate surface area is 140 Å². The van der Waals surface area contributed by atoms with Crippen LogP contribution in [0.2, 0.25) is 0 Å². The van der Waals surface area contributed by atoms with Crippen LogP contribution in [0.15, 0.2) is 18.2 Å². The van der Waals surface area contributed by atoms with Crippen LogP contribution in [0.5, 0.6) is 5.75 Å². The molecule has 1 aromatic carbocycles. The zero-order valence-electron chi connectivity index (χ0n) is 14.3. The Balaban J connectivity index is 2.40. The van der Waals surface area contributed by atoms with Crippen molar-refractivity contribution in [2.45, 2.75) is 44.9 Å². The molecule has 1 fully saturated rings. The Kier molecular flexibility index (Phi) is 5.03. The fourth-order valence-corrected chi connectivity index (χ4v) is 2.84. The Bertz CT molecular complexity index is 636. The summed E-state index contributed by atoms with van der Waals surface area (Å²) < 4.78 is 10.7. The number of para-hydroxylation sites is 1. The van der Waals surface area contributed by atoms with Crippen molar-refractivity contribution in [3.8, 4) is 5.75 Å². The second-order valence-electron chi connectivity index (χ2n) is 6.77. The minimum atomic E-state index is -1.11. The molecule has 7 nitrogen and oxygen atoms in total. The third-order valence-corrected chi connectivity index (χ3v) is 3.75. The van der Waals surface area contributed by atoms with Crippen molar-refractivity contribution in [3.05, 3.63) is 29.3 Å². The molecule has 1 saturated heterocycles. The van der Waals surface area contributed by atoms with Crippen LogP contribution in [-0.4, -0.2) is 52.5 Å². The highest BCUT2D eigenvalue weighted by atomic mass is 16.6. The maximum atomic E-state index is 12.4. The molecule has 2 N–H and O–H groups in total. The van der Waals surface area contributed by atoms with Gasteiger partial charge in [0.1, 0.15) is 16.9 Å². The van der Waals surface area contributed by atoms with Gasteiger partial charge in [0.05, 0.1) is 25.8 Å². The predicted octanol–water partition coefficient (Wildman–Crippen LogP) is 2.44. The number of carboxylic acid groups (broad SMARTS) is 1. The fraction of sp³-hybridized carbons (Fsp3) is 0.529. The lowest BCUT2D eigenvalue weighted by atomic mass is 9.99. The van der Waals surface area contributed by atoms with Gasteiger partial charge < -0.3 is 19.7 Å². The fourth-order valence-electron chi connectivity index (χ4n) is 2.84. The number of hydrogen-bond acceptors (Lipinski definition) is 5. The Hall–Kier alpha value is -2.28. The van der Waals surface area contributed by atoms with E-state index < -0.39 is 29.8 Å². The Morgan fingerprint density at radius 3 is 2.50 bits per heavy atom. The minimum absolute atomic E-state index is 0.0144. The third-order valence-electron chi connectivity index (χ3n) is 3.75. The van der Waals surface area contributed by atoms with Crippen LogP contribution in [-0.2, 0) is 4.74 Å². The van der Waals surface area contributed by atoms with Crippen LogP contribution in [0.4, 0.5) is 4.79 Å². The number of aliphatic hydroxyl groups is 1. The highest BCUT2D eigenvalue weighted by molar-refractivity contribution is 5.91. The first-order valence-corrected chi connectivity index (χ1v) is 7.72. The number of methoxy groups -OCH3 is 1. The molecule has 0 bridgehead atoms. The van der Waals surface area contributed by atoms with Gasteiger partial charge >= 0.3 is 12.1 Å². The Morgan fingerprint density at radius 1 is 1.29 bits per heavy atom. The van der Waals surface area contributed by atoms with E-state index >= 15 is 0 Å². The normalized spacial score (nSPS) is 20.8. The molecule has 0 unspecified atom stereocenters. The van der Waals surface area contributed by atoms with E-state index in [1.165, 1.54) is 18.1 Å². The van der Waals surface area contributed by atoms with Crippen LogP contribution < -0.4 is 4.74 Å². The van der Waals surface area contributed by atoms with Crippen LogP contribution in [0, 0.1) is 0 Å². The molecule has 1 aliphatic rings. The van der Waals surface area contributed by atoms with Crippen molar-refractivity contribution in [2.75, 3.05) is 13.7 Å². The maximum Gasteiger partial charge on any atom is 0.410 e. The van der Waals surface area contributed by atoms with Gasteiger partial charge in [0.2, 0.25) is 0 Å². The summed E-state index contributed by atoms with van der Waals surface area (Å²) in [6.45, 7) is 5.41. The van der Waals surface area contributed by atoms with Crippen molar-refractivity contribution in [3.63, 3.8) is 0 Å². The molecule has 2 atom stereocenters. The lowest BCUT2D eigenvalue weighted by molar-refractivity contribution is 0.0205. The monoisotopic (exact) mass is 337 g/mol. The first-order valence-electron chi connectivity index (χ1n) is 7.72. The summed E-state index contributed by atoms with van der Waals surface area (Å²) in [6, 6.07) is 4.22. The van der Waals surface area contributed by atoms with E-state index in [1.54, 1.807) is 32.9 Å². The van der Waals surface area contributed by atoms with Gasteiger partial charge in [-0.1, -0.05) is 12.1 Å². The van der Waals surface area contributed by atoms with Crippen molar-refractivity contribution >= 4 is 12.1 Å². The summed E-state index contributed by atoms with van der Waals surface area (Å²) in [5.74, 6) is -0.922. The standard InChI is InChI=1S/C17H23NO6/c1-17(2,3)24-16(22)18-9-10(19)8-13(18)11-6-5-7-12(15(20)21)14(11)23-4/h5-7,10,13,19H,8-9H2,1-4H3,(H,20,21)/t10-,13+/m1/s1. The van der Waals surface area contributed by atoms with Crippen LogP contribution in [0.1, 0.15) is 49.2 Å². The number of benzene rings is 1. The first kappa shape index (κ1) is 18.1. The second kappa shape index (κ2) is 6.68. The molecule has 132 valence electrons. The number of β-amino-alcohol motifs (C(OH)–C–C–N with tert-alkyl or cyclic N) is 1. The van der Waals surface area contributed by atoms with Crippen molar-refractivity contribution in [1.29, 1.82) is 0 Å². The number of rotatable bonds is 3. The van der Waals surface area contributed by atoms with Crippen LogP contribution in [0.25, 0.3) is 0 Å². The molecule has 0 saturated carbocycles. The molecule has 1 aliphatic heterocycles. The number of amides is 1. The number of aromatic carboxylic acids is 1. The van der Waals surface area contributed by atoms with E-state index in [0.29, 0.717) is 12.0 Å². The molecule has 0 aliphatic carbocycles. The van der Waals surface area contributed by atoms with Crippen molar-refractivity contribution in [1.82, 2.24) is 4.90 Å². The predicted molar refractivity (Wildman–Crippen MR) is 86.3 cm³/mol. The summed E-state index contributed by atoms with van der Waals surface area (Å²) >= 11 is 0. The Morgan fingerprint density at radius 2 is 1.96 bits per heavy atom. The summed E-state index contributed by atoms with van der Waals surface area (Å²) in [6.07, 6.45) is -0.967. The molecule has 1 aromatic rings. The van der Waals surface area contributed by atoms with E-state index in [0.717, 1.165) is 0 Å². The molecule has 0 radical (unpaired) electrons. The average molecular weight is 337 g/mol. The largest absolute Gasteiger partial charge is 0.495 e. The molecule has 0 aromatic heterocycles. The van der Waals surface area contributed by atoms with Gasteiger partial charge in [-0.05, 0) is 33.3 Å². The average Bonchev–Trinajstić information content (AvgIpc) is 2.86. The number of carboxylic acids is 1. The zero-order valence-corrected chi connectivity index (χ0v) is 14.3. The van der Waals surface area contributed by atoms with Crippen molar-refractivity contribution < 1.29 is 29.3 Å². The first-order chi connectivity index (χ1) is 11.1. The van der Waals surface area contributed by atoms with Gasteiger partial charge in [-0.2, -0.15) is 0 Å². The number of ether oxygens (including phenoxy) is 2. The number of nitrogens with zero attached hydrogens (tertiary/aromatic N) is 1. The van der Waals surface area contributed by atoms with Gasteiger partial charge in [0.25, 0.3) is 0 Å². The number of hydrogen-bond donors (Lipinski definition) is 2. The number of likely N-dealkylation sites (tertiary alicyclic amines) is 1. The number of carbonyl (C=O) groups excluding carboxylic acids is 1. The van der Waals surface area contributed by atoms with Crippen LogP contribution in [0.3, 0.4) is 0 Å². The van der Waals surface area contributed by atoms with E-state index in [9.17, 15) is 19.8 Å². The third kappa shape index (κ3) is 3.79. The van der Waals surface area contributed by atoms with Gasteiger partial charge in [-0.15, -0.1) is 0 Å². The highest BCUT2D eigenvalue weighted by Gasteiger charge is 2.39. The highest BCUT2D eigenvalue weighted by Crippen LogP contribution is 2.39. The molecule has 0 spiro atoms. The molecular weight excluding hydrogens is 314 g/mol. The minimum Gasteiger partial charge on any atom is -0.495 e. The molecule has 7 heteroatoms. The summed E-state index contributed by atoms with van der Waals surface area (Å²) in [5, 5.41) is 19.3. The summed E-state index contributed by atoms with van der Waals surface area (Å²) in [4.78, 5) is 25.2. The molecule has 24 heavy (non-hydrogen) atoms. The van der Waals surface area contributed by atoms with E-state index in [4.69, 9.17) is 9.47 Å². The second-order valence-corrected chi connectivity index (χ2v) is 6.77. The van der Waals surface area contributed by atoms with Crippen LogP contribution >= 0.6 is 0 Å². The summed E-state index contributed by atoms with van der Waals surface area (Å²) in [5.41, 5.74) is -0.109. The van der Waals surface area contributed by atoms with E-state index in [-0.39, 0.29) is 17.9 Å².